The number of halogens is 1. The van der Waals surface area contributed by atoms with Crippen molar-refractivity contribution in [2.24, 2.45) is 5.41 Å². The minimum Gasteiger partial charge on any atom is -0.450 e. The lowest BCUT2D eigenvalue weighted by atomic mass is 9.78. The second-order valence-corrected chi connectivity index (χ2v) is 9.22. The summed E-state index contributed by atoms with van der Waals surface area (Å²) in [6.45, 7) is 7.73. The van der Waals surface area contributed by atoms with Crippen LogP contribution in [0.15, 0.2) is 36.7 Å². The fourth-order valence-electron chi connectivity index (χ4n) is 5.63. The lowest BCUT2D eigenvalue weighted by Gasteiger charge is -2.48. The van der Waals surface area contributed by atoms with E-state index in [9.17, 15) is 9.18 Å². The molecular weight excluding hydrogens is 409 g/mol. The number of aromatic nitrogens is 2. The molecule has 0 N–H and O–H groups in total. The lowest BCUT2D eigenvalue weighted by molar-refractivity contribution is -0.00294. The van der Waals surface area contributed by atoms with Gasteiger partial charge in [-0.25, -0.2) is 14.8 Å². The molecule has 1 saturated carbocycles. The normalized spacial score (nSPS) is 22.8. The maximum Gasteiger partial charge on any atom is 0.409 e. The van der Waals surface area contributed by atoms with Gasteiger partial charge in [0.1, 0.15) is 5.82 Å². The SMILES string of the molecule is CCOC(=O)N1CC2(CC[C@@H](N3CCN(c4ncccc4-c4ccnc(F)c4)CC3)C2)C1. The van der Waals surface area contributed by atoms with Gasteiger partial charge < -0.3 is 14.5 Å². The summed E-state index contributed by atoms with van der Waals surface area (Å²) >= 11 is 0. The number of carbonyl (C=O) groups excluding carboxylic acids is 1. The largest absolute Gasteiger partial charge is 0.450 e. The highest BCUT2D eigenvalue weighted by Gasteiger charge is 2.51. The molecule has 2 saturated heterocycles. The number of anilines is 1. The van der Waals surface area contributed by atoms with Crippen LogP contribution < -0.4 is 4.90 Å². The Morgan fingerprint density at radius 1 is 1.19 bits per heavy atom. The molecule has 4 heterocycles. The molecule has 0 bridgehead atoms. The monoisotopic (exact) mass is 439 g/mol. The molecule has 3 aliphatic rings. The fourth-order valence-corrected chi connectivity index (χ4v) is 5.63. The van der Waals surface area contributed by atoms with Crippen LogP contribution in [0.5, 0.6) is 0 Å². The van der Waals surface area contributed by atoms with Crippen molar-refractivity contribution in [2.45, 2.75) is 32.2 Å². The van der Waals surface area contributed by atoms with Crippen molar-refractivity contribution in [3.05, 3.63) is 42.6 Å². The minimum atomic E-state index is -0.477. The van der Waals surface area contributed by atoms with Crippen LogP contribution in [-0.2, 0) is 4.74 Å². The molecule has 1 amide bonds. The molecule has 1 spiro atoms. The highest BCUT2D eigenvalue weighted by Crippen LogP contribution is 2.47. The van der Waals surface area contributed by atoms with Crippen molar-refractivity contribution in [2.75, 3.05) is 50.8 Å². The van der Waals surface area contributed by atoms with E-state index in [2.05, 4.69) is 19.8 Å². The quantitative estimate of drug-likeness (QED) is 0.681. The molecule has 1 aliphatic carbocycles. The summed E-state index contributed by atoms with van der Waals surface area (Å²) in [5.41, 5.74) is 2.03. The van der Waals surface area contributed by atoms with E-state index in [-0.39, 0.29) is 11.5 Å². The van der Waals surface area contributed by atoms with E-state index in [1.807, 2.05) is 30.0 Å². The van der Waals surface area contributed by atoms with Crippen LogP contribution in [0, 0.1) is 11.4 Å². The second-order valence-electron chi connectivity index (χ2n) is 9.22. The van der Waals surface area contributed by atoms with E-state index in [4.69, 9.17) is 4.74 Å². The number of nitrogens with zero attached hydrogens (tertiary/aromatic N) is 5. The summed E-state index contributed by atoms with van der Waals surface area (Å²) in [6.07, 6.45) is 6.67. The number of amides is 1. The van der Waals surface area contributed by atoms with Crippen molar-refractivity contribution in [1.82, 2.24) is 19.8 Å². The molecule has 0 aromatic carbocycles. The van der Waals surface area contributed by atoms with E-state index < -0.39 is 5.95 Å². The van der Waals surface area contributed by atoms with Crippen molar-refractivity contribution >= 4 is 11.9 Å². The summed E-state index contributed by atoms with van der Waals surface area (Å²) in [7, 11) is 0. The van der Waals surface area contributed by atoms with Gasteiger partial charge in [-0.05, 0) is 49.9 Å². The predicted molar refractivity (Wildman–Crippen MR) is 120 cm³/mol. The van der Waals surface area contributed by atoms with Crippen LogP contribution in [0.4, 0.5) is 15.0 Å². The minimum absolute atomic E-state index is 0.171. The fraction of sp³-hybridized carbons (Fsp3) is 0.542. The molecule has 170 valence electrons. The van der Waals surface area contributed by atoms with Gasteiger partial charge in [-0.3, -0.25) is 4.90 Å². The van der Waals surface area contributed by atoms with Crippen LogP contribution in [-0.4, -0.2) is 77.8 Å². The predicted octanol–water partition coefficient (Wildman–Crippen LogP) is 3.42. The highest BCUT2D eigenvalue weighted by atomic mass is 19.1. The van der Waals surface area contributed by atoms with Crippen molar-refractivity contribution in [1.29, 1.82) is 0 Å². The standard InChI is InChI=1S/C24H30FN5O2/c1-2-32-23(31)30-16-24(17-30)7-5-19(15-24)28-10-12-29(13-11-28)22-20(4-3-8-27-22)18-6-9-26-21(25)14-18/h3-4,6,8-9,14,19H,2,5,7,10-13,15-17H2,1H3/t19-/m1/s1. The third kappa shape index (κ3) is 4.03. The zero-order chi connectivity index (χ0) is 22.1. The van der Waals surface area contributed by atoms with Crippen LogP contribution in [0.1, 0.15) is 26.2 Å². The Labute approximate surface area is 188 Å². The Kier molecular flexibility index (Phi) is 5.71. The van der Waals surface area contributed by atoms with Gasteiger partial charge in [-0.1, -0.05) is 0 Å². The van der Waals surface area contributed by atoms with E-state index in [1.165, 1.54) is 25.1 Å². The Balaban J connectivity index is 1.19. The number of piperazine rings is 1. The highest BCUT2D eigenvalue weighted by molar-refractivity contribution is 5.75. The summed E-state index contributed by atoms with van der Waals surface area (Å²) in [5, 5.41) is 0. The number of hydrogen-bond donors (Lipinski definition) is 0. The molecule has 3 fully saturated rings. The van der Waals surface area contributed by atoms with Crippen molar-refractivity contribution in [3.8, 4) is 11.1 Å². The average Bonchev–Trinajstić information content (AvgIpc) is 3.24. The Morgan fingerprint density at radius 2 is 2.00 bits per heavy atom. The number of pyridine rings is 2. The van der Waals surface area contributed by atoms with Gasteiger partial charge in [0.15, 0.2) is 0 Å². The molecule has 7 nitrogen and oxygen atoms in total. The maximum atomic E-state index is 13.7. The summed E-state index contributed by atoms with van der Waals surface area (Å²) in [4.78, 5) is 27.0. The smallest absolute Gasteiger partial charge is 0.409 e. The van der Waals surface area contributed by atoms with Crippen LogP contribution in [0.2, 0.25) is 0 Å². The van der Waals surface area contributed by atoms with Crippen LogP contribution >= 0.6 is 0 Å². The molecule has 0 radical (unpaired) electrons. The number of likely N-dealkylation sites (tertiary alicyclic amines) is 1. The molecular formula is C24H30FN5O2. The number of carbonyl (C=O) groups is 1. The van der Waals surface area contributed by atoms with Gasteiger partial charge >= 0.3 is 6.09 Å². The molecule has 5 rings (SSSR count). The molecule has 1 atom stereocenters. The van der Waals surface area contributed by atoms with Crippen LogP contribution in [0.3, 0.4) is 0 Å². The van der Waals surface area contributed by atoms with Gasteiger partial charge in [-0.2, -0.15) is 4.39 Å². The summed E-state index contributed by atoms with van der Waals surface area (Å²) in [6, 6.07) is 7.77. The Bertz CT molecular complexity index is 972. The first kappa shape index (κ1) is 21.1. The number of ether oxygens (including phenoxy) is 1. The molecule has 8 heteroatoms. The van der Waals surface area contributed by atoms with E-state index in [1.54, 1.807) is 6.20 Å². The van der Waals surface area contributed by atoms with E-state index in [0.717, 1.165) is 62.6 Å². The summed E-state index contributed by atoms with van der Waals surface area (Å²) < 4.78 is 18.8. The van der Waals surface area contributed by atoms with Gasteiger partial charge in [0.25, 0.3) is 0 Å². The first-order valence-corrected chi connectivity index (χ1v) is 11.5. The van der Waals surface area contributed by atoms with E-state index in [0.29, 0.717) is 12.6 Å². The van der Waals surface area contributed by atoms with Gasteiger partial charge in [0, 0.05) is 74.7 Å². The molecule has 2 aliphatic heterocycles. The van der Waals surface area contributed by atoms with E-state index >= 15 is 0 Å². The van der Waals surface area contributed by atoms with Crippen molar-refractivity contribution < 1.29 is 13.9 Å². The molecule has 32 heavy (non-hydrogen) atoms. The van der Waals surface area contributed by atoms with Gasteiger partial charge in [-0.15, -0.1) is 0 Å². The molecule has 0 unspecified atom stereocenters. The number of hydrogen-bond acceptors (Lipinski definition) is 6. The Hall–Kier alpha value is -2.74. The maximum absolute atomic E-state index is 13.7. The zero-order valence-electron chi connectivity index (χ0n) is 18.5. The summed E-state index contributed by atoms with van der Waals surface area (Å²) in [5.74, 6) is 0.430. The van der Waals surface area contributed by atoms with Crippen molar-refractivity contribution in [3.63, 3.8) is 0 Å². The molecule has 2 aromatic rings. The molecule has 2 aromatic heterocycles. The van der Waals surface area contributed by atoms with Gasteiger partial charge in [0.05, 0.1) is 6.61 Å². The third-order valence-corrected chi connectivity index (χ3v) is 7.21. The lowest BCUT2D eigenvalue weighted by Crippen LogP contribution is -2.58. The average molecular weight is 440 g/mol. The Morgan fingerprint density at radius 3 is 2.75 bits per heavy atom. The number of rotatable bonds is 4. The topological polar surface area (TPSA) is 61.8 Å². The third-order valence-electron chi connectivity index (χ3n) is 7.21. The first-order chi connectivity index (χ1) is 15.6. The van der Waals surface area contributed by atoms with Gasteiger partial charge in [0.2, 0.25) is 5.95 Å². The second kappa shape index (κ2) is 8.65. The zero-order valence-corrected chi connectivity index (χ0v) is 18.5. The van der Waals surface area contributed by atoms with Crippen LogP contribution in [0.25, 0.3) is 11.1 Å². The first-order valence-electron chi connectivity index (χ1n) is 11.5.